The maximum atomic E-state index is 12.7. The van der Waals surface area contributed by atoms with Gasteiger partial charge in [-0.2, -0.15) is 0 Å². The zero-order valence-corrected chi connectivity index (χ0v) is 14.3. The van der Waals surface area contributed by atoms with Crippen LogP contribution in [0.1, 0.15) is 10.4 Å². The van der Waals surface area contributed by atoms with Gasteiger partial charge < -0.3 is 19.5 Å². The monoisotopic (exact) mass is 365 g/mol. The van der Waals surface area contributed by atoms with Crippen LogP contribution in [-0.4, -0.2) is 29.4 Å². The highest BCUT2D eigenvalue weighted by atomic mass is 16.7. The van der Waals surface area contributed by atoms with Crippen molar-refractivity contribution in [1.29, 1.82) is 0 Å². The molecule has 1 aliphatic rings. The van der Waals surface area contributed by atoms with Crippen molar-refractivity contribution < 1.29 is 19.0 Å². The first-order chi connectivity index (χ1) is 13.2. The highest BCUT2D eigenvalue weighted by Gasteiger charge is 2.17. The minimum absolute atomic E-state index is 0.0806. The van der Waals surface area contributed by atoms with E-state index in [0.29, 0.717) is 28.5 Å². The van der Waals surface area contributed by atoms with E-state index in [1.165, 1.54) is 17.0 Å². The first-order valence-electron chi connectivity index (χ1n) is 8.09. The van der Waals surface area contributed by atoms with Crippen LogP contribution in [0.5, 0.6) is 17.2 Å². The number of hydrogen-bond acceptors (Lipinski definition) is 6. The van der Waals surface area contributed by atoms with Crippen LogP contribution in [-0.2, 0) is 0 Å². The number of carbonyl (C=O) groups excluding carboxylic acids is 1. The van der Waals surface area contributed by atoms with Crippen LogP contribution >= 0.6 is 0 Å². The first-order valence-corrected chi connectivity index (χ1v) is 8.09. The fourth-order valence-corrected chi connectivity index (χ4v) is 2.68. The average molecular weight is 365 g/mol. The van der Waals surface area contributed by atoms with Crippen LogP contribution < -0.4 is 25.1 Å². The molecule has 1 aromatic heterocycles. The van der Waals surface area contributed by atoms with Crippen LogP contribution in [0.2, 0.25) is 0 Å². The summed E-state index contributed by atoms with van der Waals surface area (Å²) in [4.78, 5) is 29.2. The predicted molar refractivity (Wildman–Crippen MR) is 96.9 cm³/mol. The third kappa shape index (κ3) is 3.20. The maximum absolute atomic E-state index is 12.7. The van der Waals surface area contributed by atoms with E-state index in [9.17, 15) is 9.59 Å². The fraction of sp³-hybridized carbons (Fsp3) is 0.105. The number of fused-ring (bicyclic) bond motifs is 1. The van der Waals surface area contributed by atoms with Gasteiger partial charge in [-0.3, -0.25) is 14.2 Å². The van der Waals surface area contributed by atoms with E-state index >= 15 is 0 Å². The second kappa shape index (κ2) is 6.83. The maximum Gasteiger partial charge on any atom is 0.298 e. The van der Waals surface area contributed by atoms with Crippen molar-refractivity contribution in [3.63, 3.8) is 0 Å². The van der Waals surface area contributed by atoms with Crippen LogP contribution in [0.25, 0.3) is 5.69 Å². The number of hydrogen-bond donors (Lipinski definition) is 1. The summed E-state index contributed by atoms with van der Waals surface area (Å²) in [5.41, 5.74) is 0.470. The van der Waals surface area contributed by atoms with Crippen LogP contribution in [0, 0.1) is 0 Å². The Bertz CT molecular complexity index is 1080. The summed E-state index contributed by atoms with van der Waals surface area (Å²) < 4.78 is 17.1. The topological polar surface area (TPSA) is 91.7 Å². The predicted octanol–water partition coefficient (Wildman–Crippen LogP) is 2.22. The van der Waals surface area contributed by atoms with Gasteiger partial charge in [0.05, 0.1) is 12.8 Å². The molecule has 1 N–H and O–H groups in total. The summed E-state index contributed by atoms with van der Waals surface area (Å²) in [5.74, 6) is 1.12. The third-order valence-corrected chi connectivity index (χ3v) is 4.04. The van der Waals surface area contributed by atoms with Gasteiger partial charge in [-0.25, -0.2) is 4.98 Å². The van der Waals surface area contributed by atoms with E-state index in [4.69, 9.17) is 14.2 Å². The van der Waals surface area contributed by atoms with Gasteiger partial charge in [-0.05, 0) is 30.3 Å². The molecule has 27 heavy (non-hydrogen) atoms. The molecule has 8 nitrogen and oxygen atoms in total. The number of rotatable bonds is 4. The Morgan fingerprint density at radius 1 is 1.19 bits per heavy atom. The standard InChI is InChI=1S/C19H15N3O5/c1-25-14-4-2-3-13(10-14)22-8-7-20-17(19(22)24)21-18(23)12-5-6-15-16(9-12)27-11-26-15/h2-10H,11H2,1H3,(H,20,21,23). The van der Waals surface area contributed by atoms with Gasteiger partial charge in [0.15, 0.2) is 17.3 Å². The Morgan fingerprint density at radius 3 is 2.89 bits per heavy atom. The van der Waals surface area contributed by atoms with E-state index in [0.717, 1.165) is 0 Å². The fourth-order valence-electron chi connectivity index (χ4n) is 2.68. The number of aromatic nitrogens is 2. The van der Waals surface area contributed by atoms with E-state index in [-0.39, 0.29) is 12.6 Å². The summed E-state index contributed by atoms with van der Waals surface area (Å²) in [6.07, 6.45) is 2.96. The van der Waals surface area contributed by atoms with E-state index in [1.807, 2.05) is 0 Å². The molecule has 1 amide bonds. The van der Waals surface area contributed by atoms with Crippen molar-refractivity contribution in [2.45, 2.75) is 0 Å². The average Bonchev–Trinajstić information content (AvgIpc) is 3.17. The molecule has 0 radical (unpaired) electrons. The molecule has 0 saturated carbocycles. The second-order valence-electron chi connectivity index (χ2n) is 5.67. The van der Waals surface area contributed by atoms with Crippen molar-refractivity contribution >= 4 is 11.7 Å². The molecular formula is C19H15N3O5. The summed E-state index contributed by atoms with van der Waals surface area (Å²) >= 11 is 0. The van der Waals surface area contributed by atoms with Crippen LogP contribution in [0.4, 0.5) is 5.82 Å². The quantitative estimate of drug-likeness (QED) is 0.762. The smallest absolute Gasteiger partial charge is 0.298 e. The van der Waals surface area contributed by atoms with Gasteiger partial charge in [-0.1, -0.05) is 6.07 Å². The normalized spacial score (nSPS) is 11.9. The van der Waals surface area contributed by atoms with Crippen molar-refractivity contribution in [2.24, 2.45) is 0 Å². The minimum Gasteiger partial charge on any atom is -0.497 e. The Labute approximate surface area is 153 Å². The number of carbonyl (C=O) groups is 1. The van der Waals surface area contributed by atoms with E-state index < -0.39 is 11.5 Å². The highest BCUT2D eigenvalue weighted by molar-refractivity contribution is 6.04. The van der Waals surface area contributed by atoms with Crippen molar-refractivity contribution in [3.8, 4) is 22.9 Å². The number of ether oxygens (including phenoxy) is 3. The van der Waals surface area contributed by atoms with Gasteiger partial charge in [0, 0.05) is 24.0 Å². The minimum atomic E-state index is -0.471. The molecule has 0 atom stereocenters. The summed E-state index contributed by atoms with van der Waals surface area (Å²) in [6, 6.07) is 11.8. The molecule has 0 saturated heterocycles. The molecular weight excluding hydrogens is 350 g/mol. The molecule has 4 rings (SSSR count). The summed E-state index contributed by atoms with van der Waals surface area (Å²) in [6.45, 7) is 0.117. The van der Waals surface area contributed by atoms with E-state index in [2.05, 4.69) is 10.3 Å². The summed E-state index contributed by atoms with van der Waals surface area (Å²) in [5, 5.41) is 2.55. The Morgan fingerprint density at radius 2 is 2.04 bits per heavy atom. The van der Waals surface area contributed by atoms with Crippen LogP contribution in [0.3, 0.4) is 0 Å². The molecule has 2 heterocycles. The van der Waals surface area contributed by atoms with Gasteiger partial charge in [0.2, 0.25) is 6.79 Å². The van der Waals surface area contributed by atoms with Crippen LogP contribution in [0.15, 0.2) is 59.7 Å². The van der Waals surface area contributed by atoms with Gasteiger partial charge in [0.25, 0.3) is 11.5 Å². The molecule has 0 spiro atoms. The van der Waals surface area contributed by atoms with Crippen molar-refractivity contribution in [3.05, 3.63) is 70.8 Å². The number of methoxy groups -OCH3 is 1. The summed E-state index contributed by atoms with van der Waals surface area (Å²) in [7, 11) is 1.55. The SMILES string of the molecule is COc1cccc(-n2ccnc(NC(=O)c3ccc4c(c3)OCO4)c2=O)c1. The third-order valence-electron chi connectivity index (χ3n) is 4.04. The van der Waals surface area contributed by atoms with Crippen molar-refractivity contribution in [1.82, 2.24) is 9.55 Å². The number of nitrogens with zero attached hydrogens (tertiary/aromatic N) is 2. The number of amides is 1. The lowest BCUT2D eigenvalue weighted by Gasteiger charge is -2.10. The Hall–Kier alpha value is -3.81. The molecule has 0 unspecified atom stereocenters. The largest absolute Gasteiger partial charge is 0.497 e. The molecule has 0 bridgehead atoms. The van der Waals surface area contributed by atoms with Gasteiger partial charge in [0.1, 0.15) is 5.75 Å². The molecule has 1 aliphatic heterocycles. The number of anilines is 1. The number of benzene rings is 2. The molecule has 2 aromatic carbocycles. The molecule has 136 valence electrons. The molecule has 0 aliphatic carbocycles. The van der Waals surface area contributed by atoms with Gasteiger partial charge in [-0.15, -0.1) is 0 Å². The van der Waals surface area contributed by atoms with Gasteiger partial charge >= 0.3 is 0 Å². The van der Waals surface area contributed by atoms with E-state index in [1.54, 1.807) is 49.6 Å². The lowest BCUT2D eigenvalue weighted by molar-refractivity contribution is 0.102. The zero-order chi connectivity index (χ0) is 18.8. The Kier molecular flexibility index (Phi) is 4.21. The molecule has 3 aromatic rings. The molecule has 8 heteroatoms. The van der Waals surface area contributed by atoms with Crippen molar-refractivity contribution in [2.75, 3.05) is 19.2 Å². The Balaban J connectivity index is 1.63. The highest BCUT2D eigenvalue weighted by Crippen LogP contribution is 2.32. The second-order valence-corrected chi connectivity index (χ2v) is 5.67. The molecule has 0 fully saturated rings. The lowest BCUT2D eigenvalue weighted by Crippen LogP contribution is -2.26. The zero-order valence-electron chi connectivity index (χ0n) is 14.3. The lowest BCUT2D eigenvalue weighted by atomic mass is 10.2. The first kappa shape index (κ1) is 16.6. The number of nitrogens with one attached hydrogen (secondary N) is 1.